The van der Waals surface area contributed by atoms with Gasteiger partial charge in [0.15, 0.2) is 0 Å². The molecule has 1 aromatic rings. The number of hydrogen-bond acceptors (Lipinski definition) is 6. The summed E-state index contributed by atoms with van der Waals surface area (Å²) in [5.41, 5.74) is 0.912. The predicted octanol–water partition coefficient (Wildman–Crippen LogP) is 0.674. The molecular formula is C12H16N2O4S2. The normalized spacial score (nSPS) is 16.0. The Balaban J connectivity index is 2.47. The van der Waals surface area contributed by atoms with Crippen LogP contribution in [0.25, 0.3) is 0 Å². The number of primary sulfonamides is 1. The fourth-order valence-corrected chi connectivity index (χ4v) is 3.49. The molecule has 0 radical (unpaired) electrons. The number of nitrogens with two attached hydrogens (primary N) is 1. The van der Waals surface area contributed by atoms with Crippen molar-refractivity contribution in [1.29, 1.82) is 0 Å². The lowest BCUT2D eigenvalue weighted by molar-refractivity contribution is 0.0601. The lowest BCUT2D eigenvalue weighted by Crippen LogP contribution is -2.33. The van der Waals surface area contributed by atoms with Crippen LogP contribution in [-0.2, 0) is 14.8 Å². The van der Waals surface area contributed by atoms with Crippen molar-refractivity contribution in [2.75, 3.05) is 36.6 Å². The smallest absolute Gasteiger partial charge is 0.340 e. The second-order valence-electron chi connectivity index (χ2n) is 4.31. The number of methoxy groups -OCH3 is 1. The molecular weight excluding hydrogens is 300 g/mol. The van der Waals surface area contributed by atoms with E-state index in [1.165, 1.54) is 19.2 Å². The standard InChI is InChI=1S/C12H16N2O4S2/c1-18-12(15)10-8-9(20(13,16)17)2-3-11(10)14-4-6-19-7-5-14/h2-3,8H,4-7H2,1H3,(H2,13,16,17). The number of sulfonamides is 1. The third-order valence-electron chi connectivity index (χ3n) is 3.05. The van der Waals surface area contributed by atoms with Gasteiger partial charge in [-0.05, 0) is 18.2 Å². The van der Waals surface area contributed by atoms with Gasteiger partial charge in [-0.15, -0.1) is 0 Å². The van der Waals surface area contributed by atoms with E-state index >= 15 is 0 Å². The van der Waals surface area contributed by atoms with Gasteiger partial charge >= 0.3 is 5.97 Å². The second kappa shape index (κ2) is 6.02. The topological polar surface area (TPSA) is 89.7 Å². The van der Waals surface area contributed by atoms with Gasteiger partial charge in [0.05, 0.1) is 23.3 Å². The average Bonchev–Trinajstić information content (AvgIpc) is 2.45. The first-order valence-electron chi connectivity index (χ1n) is 6.01. The van der Waals surface area contributed by atoms with E-state index in [-0.39, 0.29) is 10.5 Å². The van der Waals surface area contributed by atoms with Crippen LogP contribution in [0.15, 0.2) is 23.1 Å². The summed E-state index contributed by atoms with van der Waals surface area (Å²) < 4.78 is 27.5. The molecule has 0 aliphatic carbocycles. The third-order valence-corrected chi connectivity index (χ3v) is 4.91. The number of nitrogens with zero attached hydrogens (tertiary/aromatic N) is 1. The van der Waals surface area contributed by atoms with Crippen molar-refractivity contribution in [1.82, 2.24) is 0 Å². The molecule has 1 heterocycles. The molecule has 110 valence electrons. The van der Waals surface area contributed by atoms with E-state index in [4.69, 9.17) is 9.88 Å². The average molecular weight is 316 g/mol. The zero-order chi connectivity index (χ0) is 14.8. The Morgan fingerprint density at radius 2 is 2.00 bits per heavy atom. The highest BCUT2D eigenvalue weighted by atomic mass is 32.2. The van der Waals surface area contributed by atoms with Crippen LogP contribution in [0.1, 0.15) is 10.4 Å². The molecule has 0 spiro atoms. The van der Waals surface area contributed by atoms with E-state index in [1.807, 2.05) is 11.8 Å². The van der Waals surface area contributed by atoms with Gasteiger partial charge in [-0.3, -0.25) is 0 Å². The van der Waals surface area contributed by atoms with Crippen LogP contribution >= 0.6 is 11.8 Å². The van der Waals surface area contributed by atoms with Gasteiger partial charge in [0.2, 0.25) is 10.0 Å². The minimum absolute atomic E-state index is 0.0898. The predicted molar refractivity (Wildman–Crippen MR) is 78.7 cm³/mol. The van der Waals surface area contributed by atoms with Gasteiger partial charge in [-0.1, -0.05) is 0 Å². The molecule has 2 N–H and O–H groups in total. The minimum atomic E-state index is -3.84. The Labute approximate surface area is 122 Å². The van der Waals surface area contributed by atoms with Gasteiger partial charge in [0.25, 0.3) is 0 Å². The SMILES string of the molecule is COC(=O)c1cc(S(N)(=O)=O)ccc1N1CCSCC1. The molecule has 0 bridgehead atoms. The van der Waals surface area contributed by atoms with E-state index in [2.05, 4.69) is 4.90 Å². The zero-order valence-corrected chi connectivity index (χ0v) is 12.7. The number of rotatable bonds is 3. The Kier molecular flexibility index (Phi) is 4.56. The maximum Gasteiger partial charge on any atom is 0.340 e. The Morgan fingerprint density at radius 3 is 2.55 bits per heavy atom. The summed E-state index contributed by atoms with van der Waals surface area (Å²) in [6.07, 6.45) is 0. The summed E-state index contributed by atoms with van der Waals surface area (Å²) >= 11 is 1.85. The van der Waals surface area contributed by atoms with E-state index in [0.717, 1.165) is 24.6 Å². The largest absolute Gasteiger partial charge is 0.465 e. The van der Waals surface area contributed by atoms with E-state index < -0.39 is 16.0 Å². The third kappa shape index (κ3) is 3.25. The molecule has 0 saturated carbocycles. The number of thioether (sulfide) groups is 1. The highest BCUT2D eigenvalue weighted by Gasteiger charge is 2.21. The number of carbonyl (C=O) groups is 1. The molecule has 20 heavy (non-hydrogen) atoms. The number of esters is 1. The van der Waals surface area contributed by atoms with Crippen molar-refractivity contribution in [3.63, 3.8) is 0 Å². The fourth-order valence-electron chi connectivity index (χ4n) is 2.05. The first-order valence-corrected chi connectivity index (χ1v) is 8.71. The first-order chi connectivity index (χ1) is 9.43. The zero-order valence-electron chi connectivity index (χ0n) is 11.0. The van der Waals surface area contributed by atoms with Crippen molar-refractivity contribution < 1.29 is 17.9 Å². The van der Waals surface area contributed by atoms with E-state index in [9.17, 15) is 13.2 Å². The molecule has 1 fully saturated rings. The van der Waals surface area contributed by atoms with Gasteiger partial charge in [-0.2, -0.15) is 11.8 Å². The molecule has 0 amide bonds. The summed E-state index contributed by atoms with van der Waals surface area (Å²) in [4.78, 5) is 13.8. The van der Waals surface area contributed by atoms with Crippen LogP contribution in [0.5, 0.6) is 0 Å². The van der Waals surface area contributed by atoms with Gasteiger partial charge in [0, 0.05) is 24.6 Å². The van der Waals surface area contributed by atoms with Crippen molar-refractivity contribution >= 4 is 33.4 Å². The van der Waals surface area contributed by atoms with Gasteiger partial charge < -0.3 is 9.64 Å². The van der Waals surface area contributed by atoms with Crippen LogP contribution in [-0.4, -0.2) is 46.1 Å². The highest BCUT2D eigenvalue weighted by Crippen LogP contribution is 2.26. The molecule has 0 atom stereocenters. The molecule has 1 saturated heterocycles. The number of benzene rings is 1. The lowest BCUT2D eigenvalue weighted by atomic mass is 10.1. The molecule has 2 rings (SSSR count). The molecule has 0 aromatic heterocycles. The lowest BCUT2D eigenvalue weighted by Gasteiger charge is -2.30. The van der Waals surface area contributed by atoms with Crippen molar-refractivity contribution in [3.8, 4) is 0 Å². The summed E-state index contributed by atoms with van der Waals surface area (Å²) in [6, 6.07) is 4.30. The number of ether oxygens (including phenoxy) is 1. The van der Waals surface area contributed by atoms with Crippen molar-refractivity contribution in [3.05, 3.63) is 23.8 Å². The summed E-state index contributed by atoms with van der Waals surface area (Å²) in [6.45, 7) is 1.62. The van der Waals surface area contributed by atoms with Crippen LogP contribution in [0.3, 0.4) is 0 Å². The molecule has 6 nitrogen and oxygen atoms in total. The fraction of sp³-hybridized carbons (Fsp3) is 0.417. The van der Waals surface area contributed by atoms with E-state index in [0.29, 0.717) is 5.69 Å². The van der Waals surface area contributed by atoms with E-state index in [1.54, 1.807) is 6.07 Å². The quantitative estimate of drug-likeness (QED) is 0.825. The molecule has 0 unspecified atom stereocenters. The first kappa shape index (κ1) is 15.1. The monoisotopic (exact) mass is 316 g/mol. The van der Waals surface area contributed by atoms with Crippen LogP contribution in [0, 0.1) is 0 Å². The number of anilines is 1. The number of hydrogen-bond donors (Lipinski definition) is 1. The summed E-state index contributed by atoms with van der Waals surface area (Å²) in [5, 5.41) is 5.10. The summed E-state index contributed by atoms with van der Waals surface area (Å²) in [7, 11) is -2.58. The Bertz CT molecular complexity index is 610. The molecule has 1 aliphatic rings. The van der Waals surface area contributed by atoms with Crippen LogP contribution in [0.2, 0.25) is 0 Å². The summed E-state index contributed by atoms with van der Waals surface area (Å²) in [5.74, 6) is 1.37. The Morgan fingerprint density at radius 1 is 1.35 bits per heavy atom. The Hall–Kier alpha value is -1.25. The van der Waals surface area contributed by atoms with Gasteiger partial charge in [-0.25, -0.2) is 18.4 Å². The highest BCUT2D eigenvalue weighted by molar-refractivity contribution is 7.99. The van der Waals surface area contributed by atoms with Crippen LogP contribution < -0.4 is 10.0 Å². The van der Waals surface area contributed by atoms with Crippen LogP contribution in [0.4, 0.5) is 5.69 Å². The molecule has 1 aromatic carbocycles. The second-order valence-corrected chi connectivity index (χ2v) is 7.10. The minimum Gasteiger partial charge on any atom is -0.465 e. The molecule has 8 heteroatoms. The maximum absolute atomic E-state index is 11.9. The molecule has 1 aliphatic heterocycles. The van der Waals surface area contributed by atoms with Gasteiger partial charge in [0.1, 0.15) is 0 Å². The van der Waals surface area contributed by atoms with Crippen molar-refractivity contribution in [2.24, 2.45) is 5.14 Å². The maximum atomic E-state index is 11.9. The van der Waals surface area contributed by atoms with Crippen molar-refractivity contribution in [2.45, 2.75) is 4.90 Å². The number of carbonyl (C=O) groups excluding carboxylic acids is 1.